The number of piperidine rings is 1. The number of hydrogen-bond acceptors (Lipinski definition) is 8. The van der Waals surface area contributed by atoms with Crippen molar-refractivity contribution in [2.75, 3.05) is 32.2 Å². The zero-order valence-corrected chi connectivity index (χ0v) is 14.1. The van der Waals surface area contributed by atoms with Crippen molar-refractivity contribution in [1.82, 2.24) is 25.0 Å². The minimum atomic E-state index is -1.07. The molecule has 0 spiro atoms. The average molecular weight is 348 g/mol. The van der Waals surface area contributed by atoms with Crippen LogP contribution >= 0.6 is 0 Å². The maximum absolute atomic E-state index is 10.9. The molecule has 0 aliphatic carbocycles. The zero-order valence-electron chi connectivity index (χ0n) is 14.1. The van der Waals surface area contributed by atoms with E-state index >= 15 is 0 Å². The molecule has 25 heavy (non-hydrogen) atoms. The molecule has 1 fully saturated rings. The fourth-order valence-electron chi connectivity index (χ4n) is 2.92. The molecule has 0 radical (unpaired) electrons. The van der Waals surface area contributed by atoms with Gasteiger partial charge in [0.1, 0.15) is 5.82 Å². The first kappa shape index (κ1) is 16.9. The van der Waals surface area contributed by atoms with Crippen LogP contribution in [-0.4, -0.2) is 63.3 Å². The predicted octanol–water partition coefficient (Wildman–Crippen LogP) is 0.700. The number of nitrogens with zero attached hydrogens (tertiary/aromatic N) is 6. The number of carboxylic acids is 1. The SMILES string of the molecule is COc1cc(N2CCCC(Cn3cc(C(=O)O)nn3)C2)nc(OC)n1. The summed E-state index contributed by atoms with van der Waals surface area (Å²) in [5.74, 6) is 0.435. The molecule has 1 saturated heterocycles. The molecule has 3 rings (SSSR count). The zero-order chi connectivity index (χ0) is 17.8. The summed E-state index contributed by atoms with van der Waals surface area (Å²) in [6.07, 6.45) is 3.48. The molecular formula is C15H20N6O4. The minimum absolute atomic E-state index is 0.0436. The van der Waals surface area contributed by atoms with Crippen LogP contribution in [0.3, 0.4) is 0 Å². The van der Waals surface area contributed by atoms with Gasteiger partial charge in [-0.2, -0.15) is 9.97 Å². The van der Waals surface area contributed by atoms with Gasteiger partial charge in [-0.25, -0.2) is 4.79 Å². The molecule has 2 aromatic heterocycles. The second-order valence-electron chi connectivity index (χ2n) is 5.84. The van der Waals surface area contributed by atoms with Crippen molar-refractivity contribution >= 4 is 11.8 Å². The van der Waals surface area contributed by atoms with Gasteiger partial charge in [-0.05, 0) is 18.8 Å². The molecule has 0 aromatic carbocycles. The molecule has 2 aromatic rings. The standard InChI is InChI=1S/C15H20N6O4/c1-24-13-6-12(16-15(17-13)25-2)20-5-3-4-10(7-20)8-21-9-11(14(22)23)18-19-21/h6,9-10H,3-5,7-8H2,1-2H3,(H,22,23). The van der Waals surface area contributed by atoms with E-state index in [4.69, 9.17) is 14.6 Å². The number of anilines is 1. The van der Waals surface area contributed by atoms with Gasteiger partial charge in [0, 0.05) is 25.7 Å². The van der Waals surface area contributed by atoms with E-state index in [0.29, 0.717) is 18.3 Å². The molecular weight excluding hydrogens is 328 g/mol. The van der Waals surface area contributed by atoms with Gasteiger partial charge in [-0.15, -0.1) is 5.10 Å². The number of carbonyl (C=O) groups is 1. The maximum Gasteiger partial charge on any atom is 0.358 e. The molecule has 3 heterocycles. The first-order valence-corrected chi connectivity index (χ1v) is 7.94. The second-order valence-corrected chi connectivity index (χ2v) is 5.84. The highest BCUT2D eigenvalue weighted by molar-refractivity contribution is 5.84. The summed E-state index contributed by atoms with van der Waals surface area (Å²) < 4.78 is 11.9. The summed E-state index contributed by atoms with van der Waals surface area (Å²) in [5, 5.41) is 16.5. The van der Waals surface area contributed by atoms with Crippen molar-refractivity contribution in [3.8, 4) is 11.9 Å². The Morgan fingerprint density at radius 2 is 2.20 bits per heavy atom. The van der Waals surface area contributed by atoms with Crippen LogP contribution in [0.4, 0.5) is 5.82 Å². The van der Waals surface area contributed by atoms with Gasteiger partial charge in [0.15, 0.2) is 5.69 Å². The molecule has 1 aliphatic rings. The Bertz CT molecular complexity index is 727. The van der Waals surface area contributed by atoms with Gasteiger partial charge in [0.05, 0.1) is 20.4 Å². The first-order valence-electron chi connectivity index (χ1n) is 7.94. The van der Waals surface area contributed by atoms with Gasteiger partial charge < -0.3 is 19.5 Å². The molecule has 10 heteroatoms. The molecule has 10 nitrogen and oxygen atoms in total. The lowest BCUT2D eigenvalue weighted by Crippen LogP contribution is -2.37. The van der Waals surface area contributed by atoms with E-state index < -0.39 is 5.97 Å². The van der Waals surface area contributed by atoms with Crippen LogP contribution in [0, 0.1) is 5.92 Å². The Hall–Kier alpha value is -2.91. The lowest BCUT2D eigenvalue weighted by atomic mass is 9.98. The third-order valence-electron chi connectivity index (χ3n) is 4.11. The predicted molar refractivity (Wildman–Crippen MR) is 87.1 cm³/mol. The van der Waals surface area contributed by atoms with Crippen LogP contribution in [-0.2, 0) is 6.54 Å². The number of methoxy groups -OCH3 is 2. The van der Waals surface area contributed by atoms with Crippen LogP contribution in [0.2, 0.25) is 0 Å². The number of carboxylic acid groups (broad SMARTS) is 1. The van der Waals surface area contributed by atoms with Crippen molar-refractivity contribution in [2.45, 2.75) is 19.4 Å². The smallest absolute Gasteiger partial charge is 0.358 e. The van der Waals surface area contributed by atoms with E-state index in [1.807, 2.05) is 0 Å². The average Bonchev–Trinajstić information content (AvgIpc) is 3.10. The molecule has 0 saturated carbocycles. The minimum Gasteiger partial charge on any atom is -0.481 e. The Labute approximate surface area is 144 Å². The molecule has 1 N–H and O–H groups in total. The molecule has 1 atom stereocenters. The van der Waals surface area contributed by atoms with Gasteiger partial charge in [-0.1, -0.05) is 5.21 Å². The topological polar surface area (TPSA) is 115 Å². The quantitative estimate of drug-likeness (QED) is 0.805. The third kappa shape index (κ3) is 3.95. The van der Waals surface area contributed by atoms with Gasteiger partial charge in [0.2, 0.25) is 5.88 Å². The van der Waals surface area contributed by atoms with Crippen LogP contribution in [0.1, 0.15) is 23.3 Å². The summed E-state index contributed by atoms with van der Waals surface area (Å²) in [4.78, 5) is 21.6. The second kappa shape index (κ2) is 7.32. The van der Waals surface area contributed by atoms with Crippen LogP contribution in [0.15, 0.2) is 12.3 Å². The van der Waals surface area contributed by atoms with Crippen LogP contribution < -0.4 is 14.4 Å². The number of hydrogen-bond donors (Lipinski definition) is 1. The fraction of sp³-hybridized carbons (Fsp3) is 0.533. The summed E-state index contributed by atoms with van der Waals surface area (Å²) in [7, 11) is 3.07. The highest BCUT2D eigenvalue weighted by Crippen LogP contribution is 2.26. The molecule has 1 aliphatic heterocycles. The van der Waals surface area contributed by atoms with E-state index in [1.165, 1.54) is 13.3 Å². The lowest BCUT2D eigenvalue weighted by Gasteiger charge is -2.33. The summed E-state index contributed by atoms with van der Waals surface area (Å²) in [6.45, 7) is 2.25. The monoisotopic (exact) mass is 348 g/mol. The van der Waals surface area contributed by atoms with Crippen molar-refractivity contribution in [3.05, 3.63) is 18.0 Å². The van der Waals surface area contributed by atoms with E-state index in [0.717, 1.165) is 31.7 Å². The largest absolute Gasteiger partial charge is 0.481 e. The lowest BCUT2D eigenvalue weighted by molar-refractivity contribution is 0.0690. The molecule has 1 unspecified atom stereocenters. The highest BCUT2D eigenvalue weighted by Gasteiger charge is 2.23. The maximum atomic E-state index is 10.9. The van der Waals surface area contributed by atoms with E-state index in [-0.39, 0.29) is 11.7 Å². The van der Waals surface area contributed by atoms with Crippen molar-refractivity contribution in [3.63, 3.8) is 0 Å². The normalized spacial score (nSPS) is 17.4. The number of rotatable bonds is 6. The summed E-state index contributed by atoms with van der Waals surface area (Å²) in [6, 6.07) is 2.04. The molecule has 134 valence electrons. The van der Waals surface area contributed by atoms with Crippen LogP contribution in [0.5, 0.6) is 11.9 Å². The highest BCUT2D eigenvalue weighted by atomic mass is 16.5. The Morgan fingerprint density at radius 1 is 1.36 bits per heavy atom. The van der Waals surface area contributed by atoms with Gasteiger partial charge in [-0.3, -0.25) is 4.68 Å². The van der Waals surface area contributed by atoms with Crippen molar-refractivity contribution < 1.29 is 19.4 Å². The third-order valence-corrected chi connectivity index (χ3v) is 4.11. The van der Waals surface area contributed by atoms with E-state index in [9.17, 15) is 4.79 Å². The van der Waals surface area contributed by atoms with Crippen molar-refractivity contribution in [2.24, 2.45) is 5.92 Å². The Balaban J connectivity index is 1.71. The Kier molecular flexibility index (Phi) is 4.96. The summed E-state index contributed by atoms with van der Waals surface area (Å²) in [5.41, 5.74) is -0.0436. The van der Waals surface area contributed by atoms with E-state index in [2.05, 4.69) is 25.2 Å². The molecule has 0 amide bonds. The van der Waals surface area contributed by atoms with Crippen molar-refractivity contribution in [1.29, 1.82) is 0 Å². The number of aromatic nitrogens is 5. The Morgan fingerprint density at radius 3 is 2.88 bits per heavy atom. The first-order chi connectivity index (χ1) is 12.1. The van der Waals surface area contributed by atoms with Gasteiger partial charge in [0.25, 0.3) is 0 Å². The van der Waals surface area contributed by atoms with E-state index in [1.54, 1.807) is 17.9 Å². The number of aromatic carboxylic acids is 1. The molecule has 0 bridgehead atoms. The number of ether oxygens (including phenoxy) is 2. The summed E-state index contributed by atoms with van der Waals surface area (Å²) >= 11 is 0. The van der Waals surface area contributed by atoms with Crippen LogP contribution in [0.25, 0.3) is 0 Å². The van der Waals surface area contributed by atoms with Gasteiger partial charge >= 0.3 is 12.0 Å². The fourth-order valence-corrected chi connectivity index (χ4v) is 2.92.